The van der Waals surface area contributed by atoms with Crippen molar-refractivity contribution in [2.24, 2.45) is 44.4 Å². The molecule has 0 fully saturated rings. The van der Waals surface area contributed by atoms with Crippen LogP contribution in [-0.4, -0.2) is 93.8 Å². The number of nitrogens with zero attached hydrogens (tertiary/aromatic N) is 3. The molecule has 0 spiro atoms. The molecule has 42 heavy (non-hydrogen) atoms. The van der Waals surface area contributed by atoms with Gasteiger partial charge >= 0.3 is 5.97 Å². The van der Waals surface area contributed by atoms with Crippen LogP contribution in [0.4, 0.5) is 0 Å². The zero-order chi connectivity index (χ0) is 31.7. The summed E-state index contributed by atoms with van der Waals surface area (Å²) < 4.78 is 0. The lowest BCUT2D eigenvalue weighted by Gasteiger charge is -2.25. The minimum atomic E-state index is -1.30. The van der Waals surface area contributed by atoms with E-state index < -0.39 is 53.8 Å². The largest absolute Gasteiger partial charge is 0.480 e. The molecule has 19 nitrogen and oxygen atoms in total. The second-order valence-electron chi connectivity index (χ2n) is 9.31. The lowest BCUT2D eigenvalue weighted by Crippen LogP contribution is -2.57. The molecule has 19 heteroatoms. The SMILES string of the molecule is NC(=O)CCC(N)C(=O)NC(Cc1cnc[nH]1)C(=O)NC(CCCN=C(N)N)C(=O)NC(CCCN=C(N)N)C(=O)O. The maximum Gasteiger partial charge on any atom is 0.326 e. The van der Waals surface area contributed by atoms with Gasteiger partial charge in [0.05, 0.1) is 12.4 Å². The predicted octanol–water partition coefficient (Wildman–Crippen LogP) is -4.81. The molecule has 0 saturated carbocycles. The quantitative estimate of drug-likeness (QED) is 0.0384. The summed E-state index contributed by atoms with van der Waals surface area (Å²) >= 11 is 0. The van der Waals surface area contributed by atoms with Crippen molar-refractivity contribution in [1.29, 1.82) is 0 Å². The number of amides is 4. The number of aliphatic imine (C=N–C) groups is 2. The van der Waals surface area contributed by atoms with E-state index in [1.54, 1.807) is 0 Å². The molecule has 0 radical (unpaired) electrons. The van der Waals surface area contributed by atoms with Gasteiger partial charge in [-0.2, -0.15) is 0 Å². The molecule has 0 aliphatic carbocycles. The molecule has 0 bridgehead atoms. The molecule has 0 aliphatic heterocycles. The number of aromatic amines is 1. The number of nitrogens with two attached hydrogens (primary N) is 6. The van der Waals surface area contributed by atoms with E-state index in [1.165, 1.54) is 12.5 Å². The average molecular weight is 596 g/mol. The predicted molar refractivity (Wildman–Crippen MR) is 152 cm³/mol. The number of carboxylic acid groups (broad SMARTS) is 1. The van der Waals surface area contributed by atoms with Crippen LogP contribution in [0.15, 0.2) is 22.5 Å². The molecule has 0 aliphatic rings. The number of carbonyl (C=O) groups is 5. The first-order valence-corrected chi connectivity index (χ1v) is 13.1. The van der Waals surface area contributed by atoms with Gasteiger partial charge in [-0.3, -0.25) is 29.2 Å². The monoisotopic (exact) mass is 595 g/mol. The number of aliphatic carboxylic acids is 1. The molecule has 17 N–H and O–H groups in total. The molecular formula is C23H41N13O6. The molecule has 0 aromatic carbocycles. The first kappa shape index (κ1) is 35.1. The van der Waals surface area contributed by atoms with Gasteiger partial charge in [-0.1, -0.05) is 0 Å². The number of nitrogens with one attached hydrogen (secondary N) is 4. The highest BCUT2D eigenvalue weighted by Gasteiger charge is 2.30. The van der Waals surface area contributed by atoms with Crippen LogP contribution in [0.3, 0.4) is 0 Å². The van der Waals surface area contributed by atoms with Crippen molar-refractivity contribution in [3.05, 3.63) is 18.2 Å². The summed E-state index contributed by atoms with van der Waals surface area (Å²) in [6, 6.07) is -4.88. The summed E-state index contributed by atoms with van der Waals surface area (Å²) in [5.74, 6) is -4.53. The van der Waals surface area contributed by atoms with Crippen molar-refractivity contribution in [1.82, 2.24) is 25.9 Å². The molecule has 0 saturated heterocycles. The summed E-state index contributed by atoms with van der Waals surface area (Å²) in [4.78, 5) is 76.4. The highest BCUT2D eigenvalue weighted by molar-refractivity contribution is 5.94. The number of carboxylic acids is 1. The third-order valence-corrected chi connectivity index (χ3v) is 5.79. The molecule has 1 heterocycles. The maximum atomic E-state index is 13.4. The molecular weight excluding hydrogens is 554 g/mol. The van der Waals surface area contributed by atoms with Crippen LogP contribution in [0.25, 0.3) is 0 Å². The summed E-state index contributed by atoms with van der Waals surface area (Å²) in [6.07, 6.45) is 3.12. The summed E-state index contributed by atoms with van der Waals surface area (Å²) in [6.45, 7) is 0.281. The third-order valence-electron chi connectivity index (χ3n) is 5.79. The molecule has 1 aromatic heterocycles. The highest BCUT2D eigenvalue weighted by Crippen LogP contribution is 2.06. The third kappa shape index (κ3) is 14.4. The number of carbonyl (C=O) groups excluding carboxylic acids is 4. The number of rotatable bonds is 20. The zero-order valence-electron chi connectivity index (χ0n) is 23.1. The zero-order valence-corrected chi connectivity index (χ0v) is 23.1. The number of H-pyrrole nitrogens is 1. The Labute approximate surface area is 241 Å². The van der Waals surface area contributed by atoms with Gasteiger partial charge in [0.15, 0.2) is 11.9 Å². The van der Waals surface area contributed by atoms with Crippen LogP contribution in [0, 0.1) is 0 Å². The van der Waals surface area contributed by atoms with Gasteiger partial charge in [0.1, 0.15) is 18.1 Å². The van der Waals surface area contributed by atoms with Gasteiger partial charge in [-0.15, -0.1) is 0 Å². The molecule has 4 atom stereocenters. The Kier molecular flexibility index (Phi) is 15.4. The second kappa shape index (κ2) is 18.4. The topological polar surface area (TPSA) is 351 Å². The van der Waals surface area contributed by atoms with Crippen LogP contribution < -0.4 is 50.4 Å². The maximum absolute atomic E-state index is 13.4. The van der Waals surface area contributed by atoms with Gasteiger partial charge in [0.2, 0.25) is 23.6 Å². The molecule has 234 valence electrons. The highest BCUT2D eigenvalue weighted by atomic mass is 16.4. The Morgan fingerprint density at radius 2 is 1.33 bits per heavy atom. The van der Waals surface area contributed by atoms with E-state index in [9.17, 15) is 29.1 Å². The van der Waals surface area contributed by atoms with E-state index in [0.717, 1.165) is 0 Å². The second-order valence-corrected chi connectivity index (χ2v) is 9.31. The number of hydrogen-bond donors (Lipinski definition) is 11. The number of aromatic nitrogens is 2. The van der Waals surface area contributed by atoms with Crippen LogP contribution in [0.2, 0.25) is 0 Å². The Hall–Kier alpha value is -4.94. The van der Waals surface area contributed by atoms with E-state index in [1.807, 2.05) is 0 Å². The lowest BCUT2D eigenvalue weighted by molar-refractivity contribution is -0.142. The van der Waals surface area contributed by atoms with E-state index in [-0.39, 0.29) is 70.0 Å². The van der Waals surface area contributed by atoms with Crippen LogP contribution in [0.5, 0.6) is 0 Å². The fourth-order valence-electron chi connectivity index (χ4n) is 3.61. The fraction of sp³-hybridized carbons (Fsp3) is 0.565. The van der Waals surface area contributed by atoms with Crippen molar-refractivity contribution in [2.45, 2.75) is 69.1 Å². The van der Waals surface area contributed by atoms with Gasteiger partial charge in [-0.25, -0.2) is 9.78 Å². The first-order valence-electron chi connectivity index (χ1n) is 13.1. The van der Waals surface area contributed by atoms with Crippen molar-refractivity contribution in [2.75, 3.05) is 13.1 Å². The molecule has 1 rings (SSSR count). The van der Waals surface area contributed by atoms with Crippen LogP contribution in [0.1, 0.15) is 44.2 Å². The van der Waals surface area contributed by atoms with E-state index in [2.05, 4.69) is 35.9 Å². The fourth-order valence-corrected chi connectivity index (χ4v) is 3.61. The Balaban J connectivity index is 3.08. The summed E-state index contributed by atoms with van der Waals surface area (Å²) in [5, 5.41) is 17.1. The molecule has 4 unspecified atom stereocenters. The van der Waals surface area contributed by atoms with Crippen molar-refractivity contribution < 1.29 is 29.1 Å². The van der Waals surface area contributed by atoms with Gasteiger partial charge in [0, 0.05) is 37.8 Å². The van der Waals surface area contributed by atoms with Crippen molar-refractivity contribution >= 4 is 41.5 Å². The van der Waals surface area contributed by atoms with Gasteiger partial charge in [-0.05, 0) is 32.1 Å². The number of guanidine groups is 2. The first-order chi connectivity index (χ1) is 19.8. The number of primary amides is 1. The van der Waals surface area contributed by atoms with Crippen molar-refractivity contribution in [3.63, 3.8) is 0 Å². The van der Waals surface area contributed by atoms with E-state index in [0.29, 0.717) is 5.69 Å². The normalized spacial score (nSPS) is 13.5. The molecule has 4 amide bonds. The van der Waals surface area contributed by atoms with Gasteiger partial charge in [0.25, 0.3) is 0 Å². The van der Waals surface area contributed by atoms with Crippen LogP contribution >= 0.6 is 0 Å². The standard InChI is InChI=1S/C23H41N13O6/c24-13(5-6-17(25)37)18(38)36-16(9-12-10-30-11-33-12)20(40)34-14(3-1-7-31-22(26)27)19(39)35-15(21(41)42)4-2-8-32-23(28)29/h10-11,13-16H,1-9,24H2,(H2,25,37)(H,30,33)(H,34,40)(H,35,39)(H,36,38)(H,41,42)(H4,26,27,31)(H4,28,29,32). The summed E-state index contributed by atoms with van der Waals surface area (Å²) in [5.41, 5.74) is 32.7. The Morgan fingerprint density at radius 3 is 1.83 bits per heavy atom. The van der Waals surface area contributed by atoms with Gasteiger partial charge < -0.3 is 60.4 Å². The minimum absolute atomic E-state index is 0.00815. The van der Waals surface area contributed by atoms with E-state index >= 15 is 0 Å². The number of hydrogen-bond acceptors (Lipinski definition) is 9. The average Bonchev–Trinajstić information content (AvgIpc) is 3.42. The Morgan fingerprint density at radius 1 is 0.810 bits per heavy atom. The number of imidazole rings is 1. The molecule has 1 aromatic rings. The minimum Gasteiger partial charge on any atom is -0.480 e. The summed E-state index contributed by atoms with van der Waals surface area (Å²) in [7, 11) is 0. The van der Waals surface area contributed by atoms with Crippen LogP contribution in [-0.2, 0) is 30.4 Å². The smallest absolute Gasteiger partial charge is 0.326 e. The lowest BCUT2D eigenvalue weighted by atomic mass is 10.1. The van der Waals surface area contributed by atoms with E-state index in [4.69, 9.17) is 34.4 Å². The Bertz CT molecular complexity index is 1100. The van der Waals surface area contributed by atoms with Crippen molar-refractivity contribution in [3.8, 4) is 0 Å².